The number of nitrogens with one attached hydrogen (secondary N) is 2. The van der Waals surface area contributed by atoms with Crippen LogP contribution < -0.4 is 10.6 Å². The Morgan fingerprint density at radius 1 is 1.07 bits per heavy atom. The highest BCUT2D eigenvalue weighted by Crippen LogP contribution is 2.15. The van der Waals surface area contributed by atoms with E-state index >= 15 is 0 Å². The van der Waals surface area contributed by atoms with Crippen molar-refractivity contribution in [2.24, 2.45) is 0 Å². The minimum Gasteiger partial charge on any atom is -0.480 e. The Bertz CT molecular complexity index is 681. The van der Waals surface area contributed by atoms with Crippen LogP contribution in [0.25, 0.3) is 0 Å². The first kappa shape index (κ1) is 22.3. The second-order valence-electron chi connectivity index (χ2n) is 6.74. The van der Waals surface area contributed by atoms with Gasteiger partial charge in [-0.05, 0) is 31.9 Å². The molecule has 0 saturated carbocycles. The number of hydrogen-bond acceptors (Lipinski definition) is 4. The van der Waals surface area contributed by atoms with Crippen LogP contribution in [0.3, 0.4) is 0 Å². The number of benzene rings is 1. The summed E-state index contributed by atoms with van der Waals surface area (Å²) in [6.45, 7) is 4.59. The number of alkyl halides is 3. The molecule has 0 aliphatic heterocycles. The smallest absolute Gasteiger partial charge is 0.471 e. The van der Waals surface area contributed by atoms with Gasteiger partial charge in [0.1, 0.15) is 11.6 Å². The highest BCUT2D eigenvalue weighted by atomic mass is 19.4. The molecule has 1 atom stereocenters. The van der Waals surface area contributed by atoms with Crippen LogP contribution in [0.4, 0.5) is 18.0 Å². The zero-order valence-corrected chi connectivity index (χ0v) is 15.0. The molecule has 0 aliphatic carbocycles. The number of halogens is 3. The number of carboxylic acids is 1. The number of hydrogen-bond donors (Lipinski definition) is 3. The summed E-state index contributed by atoms with van der Waals surface area (Å²) in [5.41, 5.74) is 0.156. The maximum Gasteiger partial charge on any atom is 0.471 e. The molecule has 2 amide bonds. The summed E-state index contributed by atoms with van der Waals surface area (Å²) in [7, 11) is 0. The van der Waals surface area contributed by atoms with Crippen molar-refractivity contribution in [1.82, 2.24) is 10.6 Å². The highest BCUT2D eigenvalue weighted by molar-refractivity contribution is 5.81. The summed E-state index contributed by atoms with van der Waals surface area (Å²) in [5, 5.41) is 13.2. The minimum absolute atomic E-state index is 0.0518. The molecule has 0 bridgehead atoms. The van der Waals surface area contributed by atoms with Gasteiger partial charge in [0, 0.05) is 13.0 Å². The van der Waals surface area contributed by atoms with E-state index in [9.17, 15) is 32.7 Å². The third-order valence-electron chi connectivity index (χ3n) is 3.16. The predicted octanol–water partition coefficient (Wildman–Crippen LogP) is 2.39. The van der Waals surface area contributed by atoms with Gasteiger partial charge in [0.25, 0.3) is 0 Å². The maximum atomic E-state index is 12.1. The molecular formula is C17H21F3N2O5. The lowest BCUT2D eigenvalue weighted by Gasteiger charge is -2.22. The largest absolute Gasteiger partial charge is 0.480 e. The van der Waals surface area contributed by atoms with Gasteiger partial charge in [-0.2, -0.15) is 13.2 Å². The van der Waals surface area contributed by atoms with Crippen LogP contribution in [0.15, 0.2) is 24.3 Å². The van der Waals surface area contributed by atoms with Crippen LogP contribution in [0, 0.1) is 0 Å². The van der Waals surface area contributed by atoms with Crippen molar-refractivity contribution in [3.05, 3.63) is 35.4 Å². The Kier molecular flexibility index (Phi) is 7.21. The fraction of sp³-hybridized carbons (Fsp3) is 0.471. The summed E-state index contributed by atoms with van der Waals surface area (Å²) in [6.07, 6.45) is -5.88. The number of carbonyl (C=O) groups is 3. The molecule has 0 unspecified atom stereocenters. The van der Waals surface area contributed by atoms with E-state index in [2.05, 4.69) is 5.32 Å². The number of aliphatic carboxylic acids is 1. The number of carboxylic acid groups (broad SMARTS) is 1. The number of carbonyl (C=O) groups excluding carboxylic acids is 2. The summed E-state index contributed by atoms with van der Waals surface area (Å²) in [5.74, 6) is -3.30. The van der Waals surface area contributed by atoms with E-state index in [-0.39, 0.29) is 13.0 Å². The van der Waals surface area contributed by atoms with Crippen molar-refractivity contribution in [3.8, 4) is 0 Å². The number of alkyl carbamates (subject to hydrolysis) is 1. The van der Waals surface area contributed by atoms with Gasteiger partial charge >= 0.3 is 24.1 Å². The van der Waals surface area contributed by atoms with Crippen molar-refractivity contribution in [1.29, 1.82) is 0 Å². The fourth-order valence-electron chi connectivity index (χ4n) is 1.96. The molecule has 0 aromatic heterocycles. The lowest BCUT2D eigenvalue weighted by atomic mass is 10.0. The van der Waals surface area contributed by atoms with E-state index in [0.29, 0.717) is 11.1 Å². The molecule has 1 aromatic rings. The number of amides is 2. The van der Waals surface area contributed by atoms with Crippen LogP contribution in [0.5, 0.6) is 0 Å². The molecule has 0 fully saturated rings. The van der Waals surface area contributed by atoms with E-state index < -0.39 is 35.8 Å². The molecule has 27 heavy (non-hydrogen) atoms. The molecule has 0 saturated heterocycles. The molecule has 10 heteroatoms. The van der Waals surface area contributed by atoms with E-state index in [0.717, 1.165) is 0 Å². The van der Waals surface area contributed by atoms with Crippen LogP contribution in [0.2, 0.25) is 0 Å². The average molecular weight is 390 g/mol. The molecule has 0 spiro atoms. The van der Waals surface area contributed by atoms with Gasteiger partial charge in [-0.25, -0.2) is 9.59 Å². The van der Waals surface area contributed by atoms with Crippen LogP contribution in [-0.4, -0.2) is 40.9 Å². The Labute approximate surface area is 153 Å². The molecule has 1 aromatic carbocycles. The zero-order chi connectivity index (χ0) is 20.8. The van der Waals surface area contributed by atoms with Crippen LogP contribution in [-0.2, 0) is 27.3 Å². The molecular weight excluding hydrogens is 369 g/mol. The SMILES string of the molecule is CC(C)(C)OC(=O)N[C@H](Cc1ccc(CNC(=O)C(F)(F)F)cc1)C(=O)O. The average Bonchev–Trinajstić information content (AvgIpc) is 2.50. The number of rotatable bonds is 6. The van der Waals surface area contributed by atoms with E-state index in [1.807, 2.05) is 0 Å². The molecule has 0 radical (unpaired) electrons. The second kappa shape index (κ2) is 8.74. The summed E-state index contributed by atoms with van der Waals surface area (Å²) in [6, 6.07) is 4.68. The predicted molar refractivity (Wildman–Crippen MR) is 88.8 cm³/mol. The standard InChI is InChI=1S/C17H21F3N2O5/c1-16(2,3)27-15(26)22-12(13(23)24)8-10-4-6-11(7-5-10)9-21-14(25)17(18,19)20/h4-7,12H,8-9H2,1-3H3,(H,21,25)(H,22,26)(H,23,24)/t12-/m1/s1. The quantitative estimate of drug-likeness (QED) is 0.692. The Balaban J connectivity index is 2.66. The van der Waals surface area contributed by atoms with Gasteiger partial charge in [0.15, 0.2) is 0 Å². The highest BCUT2D eigenvalue weighted by Gasteiger charge is 2.38. The molecule has 0 aliphatic rings. The van der Waals surface area contributed by atoms with Gasteiger partial charge in [0.2, 0.25) is 0 Å². The number of ether oxygens (including phenoxy) is 1. The molecule has 0 heterocycles. The van der Waals surface area contributed by atoms with Gasteiger partial charge in [-0.3, -0.25) is 4.79 Å². The molecule has 1 rings (SSSR count). The third kappa shape index (κ3) is 8.43. The van der Waals surface area contributed by atoms with Crippen LogP contribution in [0.1, 0.15) is 31.9 Å². The van der Waals surface area contributed by atoms with Crippen molar-refractivity contribution in [3.63, 3.8) is 0 Å². The minimum atomic E-state index is -4.96. The topological polar surface area (TPSA) is 105 Å². The van der Waals surface area contributed by atoms with E-state index in [1.54, 1.807) is 26.1 Å². The molecule has 7 nitrogen and oxygen atoms in total. The van der Waals surface area contributed by atoms with Gasteiger partial charge in [-0.15, -0.1) is 0 Å². The van der Waals surface area contributed by atoms with E-state index in [1.165, 1.54) is 24.3 Å². The summed E-state index contributed by atoms with van der Waals surface area (Å²) in [4.78, 5) is 33.8. The molecule has 3 N–H and O–H groups in total. The van der Waals surface area contributed by atoms with Gasteiger partial charge in [0.05, 0.1) is 0 Å². The summed E-state index contributed by atoms with van der Waals surface area (Å²) >= 11 is 0. The second-order valence-corrected chi connectivity index (χ2v) is 6.74. The van der Waals surface area contributed by atoms with Crippen molar-refractivity contribution in [2.45, 2.75) is 51.6 Å². The monoisotopic (exact) mass is 390 g/mol. The zero-order valence-electron chi connectivity index (χ0n) is 15.0. The Hall–Kier alpha value is -2.78. The summed E-state index contributed by atoms with van der Waals surface area (Å²) < 4.78 is 41.4. The normalized spacial score (nSPS) is 12.8. The van der Waals surface area contributed by atoms with Crippen molar-refractivity contribution < 1.29 is 37.4 Å². The lowest BCUT2D eigenvalue weighted by molar-refractivity contribution is -0.173. The van der Waals surface area contributed by atoms with Gasteiger partial charge < -0.3 is 20.5 Å². The first-order chi connectivity index (χ1) is 12.3. The third-order valence-corrected chi connectivity index (χ3v) is 3.16. The first-order valence-electron chi connectivity index (χ1n) is 7.93. The molecule has 150 valence electrons. The van der Waals surface area contributed by atoms with Gasteiger partial charge in [-0.1, -0.05) is 24.3 Å². The fourth-order valence-corrected chi connectivity index (χ4v) is 1.96. The Morgan fingerprint density at radius 2 is 1.59 bits per heavy atom. The Morgan fingerprint density at radius 3 is 2.04 bits per heavy atom. The lowest BCUT2D eigenvalue weighted by Crippen LogP contribution is -2.44. The van der Waals surface area contributed by atoms with Crippen molar-refractivity contribution in [2.75, 3.05) is 0 Å². The van der Waals surface area contributed by atoms with E-state index in [4.69, 9.17) is 4.74 Å². The van der Waals surface area contributed by atoms with Crippen molar-refractivity contribution >= 4 is 18.0 Å². The van der Waals surface area contributed by atoms with Crippen LogP contribution >= 0.6 is 0 Å². The first-order valence-corrected chi connectivity index (χ1v) is 7.93. The maximum absolute atomic E-state index is 12.1.